The zero-order valence-electron chi connectivity index (χ0n) is 16.2. The highest BCUT2D eigenvalue weighted by Crippen LogP contribution is 2.32. The van der Waals surface area contributed by atoms with Crippen molar-refractivity contribution in [2.75, 3.05) is 13.7 Å². The minimum absolute atomic E-state index is 0.0383. The lowest BCUT2D eigenvalue weighted by atomic mass is 10.1. The summed E-state index contributed by atoms with van der Waals surface area (Å²) >= 11 is 0. The fourth-order valence-corrected chi connectivity index (χ4v) is 5.46. The number of sulfonamides is 1. The quantitative estimate of drug-likeness (QED) is 0.684. The van der Waals surface area contributed by atoms with E-state index in [2.05, 4.69) is 0 Å². The van der Waals surface area contributed by atoms with E-state index < -0.39 is 28.1 Å². The van der Waals surface area contributed by atoms with Gasteiger partial charge in [-0.05, 0) is 44.9 Å². The maximum Gasteiger partial charge on any atom is 0.347 e. The van der Waals surface area contributed by atoms with Crippen molar-refractivity contribution < 1.29 is 32.2 Å². The first-order valence-corrected chi connectivity index (χ1v) is 10.8. The van der Waals surface area contributed by atoms with Crippen molar-refractivity contribution in [1.29, 1.82) is 0 Å². The first-order valence-electron chi connectivity index (χ1n) is 9.35. The molecule has 2 aliphatic heterocycles. The molecule has 0 aromatic heterocycles. The third kappa shape index (κ3) is 4.00. The van der Waals surface area contributed by atoms with Gasteiger partial charge in [-0.2, -0.15) is 4.31 Å². The van der Waals surface area contributed by atoms with Crippen molar-refractivity contribution in [2.24, 2.45) is 0 Å². The van der Waals surface area contributed by atoms with Gasteiger partial charge >= 0.3 is 11.9 Å². The maximum atomic E-state index is 13.2. The molecule has 0 bridgehead atoms. The van der Waals surface area contributed by atoms with Gasteiger partial charge in [-0.25, -0.2) is 18.0 Å². The molecule has 9 heteroatoms. The molecule has 0 spiro atoms. The Kier molecular flexibility index (Phi) is 5.95. The van der Waals surface area contributed by atoms with Crippen LogP contribution in [0.2, 0.25) is 0 Å². The van der Waals surface area contributed by atoms with Gasteiger partial charge in [0.1, 0.15) is 16.7 Å². The molecule has 0 aliphatic carbocycles. The van der Waals surface area contributed by atoms with Crippen LogP contribution in [0.15, 0.2) is 23.1 Å². The lowest BCUT2D eigenvalue weighted by Gasteiger charge is -2.32. The van der Waals surface area contributed by atoms with E-state index in [0.717, 1.165) is 19.3 Å². The van der Waals surface area contributed by atoms with Crippen molar-refractivity contribution in [3.63, 3.8) is 0 Å². The smallest absolute Gasteiger partial charge is 0.347 e. The monoisotopic (exact) mass is 411 g/mol. The number of hydrogen-bond acceptors (Lipinski definition) is 7. The molecule has 8 nitrogen and oxygen atoms in total. The number of nitrogens with zero attached hydrogens (tertiary/aromatic N) is 1. The Bertz CT molecular complexity index is 867. The summed E-state index contributed by atoms with van der Waals surface area (Å²) in [5.74, 6) is -1.21. The molecule has 3 rings (SSSR count). The Balaban J connectivity index is 1.89. The topological polar surface area (TPSA) is 99.2 Å². The van der Waals surface area contributed by atoms with E-state index in [1.807, 2.05) is 6.92 Å². The van der Waals surface area contributed by atoms with Gasteiger partial charge in [-0.1, -0.05) is 6.42 Å². The molecular weight excluding hydrogens is 386 g/mol. The van der Waals surface area contributed by atoms with Crippen molar-refractivity contribution in [2.45, 2.75) is 62.7 Å². The van der Waals surface area contributed by atoms with Gasteiger partial charge in [0, 0.05) is 19.0 Å². The summed E-state index contributed by atoms with van der Waals surface area (Å²) in [5.41, 5.74) is 0.0383. The molecular formula is C19H25NO7S. The number of carbonyl (C=O) groups is 2. The second kappa shape index (κ2) is 8.08. The molecule has 28 heavy (non-hydrogen) atoms. The van der Waals surface area contributed by atoms with Crippen LogP contribution < -0.4 is 4.74 Å². The number of cyclic esters (lactones) is 1. The van der Waals surface area contributed by atoms with Crippen LogP contribution in [0, 0.1) is 0 Å². The molecule has 2 fully saturated rings. The molecule has 0 saturated carbocycles. The number of carbonyl (C=O) groups excluding carboxylic acids is 2. The summed E-state index contributed by atoms with van der Waals surface area (Å²) in [4.78, 5) is 24.1. The van der Waals surface area contributed by atoms with E-state index in [1.54, 1.807) is 6.92 Å². The maximum absolute atomic E-state index is 13.2. The second-order valence-electron chi connectivity index (χ2n) is 7.20. The van der Waals surface area contributed by atoms with Crippen molar-refractivity contribution >= 4 is 22.0 Å². The van der Waals surface area contributed by atoms with E-state index in [0.29, 0.717) is 6.54 Å². The van der Waals surface area contributed by atoms with Gasteiger partial charge in [0.2, 0.25) is 16.1 Å². The van der Waals surface area contributed by atoms with Crippen LogP contribution >= 0.6 is 0 Å². The van der Waals surface area contributed by atoms with Crippen LogP contribution in [-0.4, -0.2) is 56.6 Å². The molecule has 3 atom stereocenters. The van der Waals surface area contributed by atoms with E-state index in [9.17, 15) is 18.0 Å². The van der Waals surface area contributed by atoms with Gasteiger partial charge in [-0.15, -0.1) is 0 Å². The Labute approximate surface area is 164 Å². The van der Waals surface area contributed by atoms with Crippen LogP contribution in [0.25, 0.3) is 0 Å². The lowest BCUT2D eigenvalue weighted by molar-refractivity contribution is -0.147. The number of ether oxygens (including phenoxy) is 3. The molecule has 0 N–H and O–H groups in total. The van der Waals surface area contributed by atoms with E-state index >= 15 is 0 Å². The zero-order valence-corrected chi connectivity index (χ0v) is 17.0. The van der Waals surface area contributed by atoms with Crippen LogP contribution in [0.3, 0.4) is 0 Å². The first-order chi connectivity index (χ1) is 13.2. The second-order valence-corrected chi connectivity index (χ2v) is 9.06. The average Bonchev–Trinajstić information content (AvgIpc) is 2.98. The van der Waals surface area contributed by atoms with Gasteiger partial charge in [-0.3, -0.25) is 0 Å². The van der Waals surface area contributed by atoms with Gasteiger partial charge in [0.25, 0.3) is 0 Å². The number of benzene rings is 1. The molecule has 2 saturated heterocycles. The van der Waals surface area contributed by atoms with Crippen LogP contribution in [0.5, 0.6) is 5.75 Å². The summed E-state index contributed by atoms with van der Waals surface area (Å²) in [6.45, 7) is 4.00. The molecule has 1 aromatic rings. The molecule has 154 valence electrons. The summed E-state index contributed by atoms with van der Waals surface area (Å²) in [6.07, 6.45) is 1.52. The predicted octanol–water partition coefficient (Wildman–Crippen LogP) is 2.12. The number of piperidine rings is 1. The third-order valence-corrected chi connectivity index (χ3v) is 7.14. The molecule has 0 radical (unpaired) electrons. The Morgan fingerprint density at radius 1 is 1.25 bits per heavy atom. The highest BCUT2D eigenvalue weighted by molar-refractivity contribution is 7.89. The molecule has 2 heterocycles. The average molecular weight is 411 g/mol. The zero-order chi connectivity index (χ0) is 20.5. The molecule has 2 aliphatic rings. The number of rotatable bonds is 5. The minimum Gasteiger partial charge on any atom is -0.495 e. The highest BCUT2D eigenvalue weighted by Gasteiger charge is 2.37. The summed E-state index contributed by atoms with van der Waals surface area (Å²) in [6, 6.07) is 3.97. The molecule has 1 aromatic carbocycles. The van der Waals surface area contributed by atoms with E-state index in [1.165, 1.54) is 29.6 Å². The number of hydrogen-bond donors (Lipinski definition) is 0. The number of methoxy groups -OCH3 is 1. The number of esters is 2. The van der Waals surface area contributed by atoms with E-state index in [-0.39, 0.29) is 34.8 Å². The van der Waals surface area contributed by atoms with Crippen molar-refractivity contribution in [1.82, 2.24) is 4.31 Å². The fourth-order valence-electron chi connectivity index (χ4n) is 3.57. The Hall–Kier alpha value is -2.13. The lowest BCUT2D eigenvalue weighted by Crippen LogP contribution is -2.42. The SMILES string of the molecule is COc1ccc(C(=O)OC2CC(C)OC2=O)cc1S(=O)(=O)N1CCCCC1C. The molecule has 0 amide bonds. The fraction of sp³-hybridized carbons (Fsp3) is 0.579. The van der Waals surface area contributed by atoms with Gasteiger partial charge < -0.3 is 14.2 Å². The van der Waals surface area contributed by atoms with Crippen LogP contribution in [0.1, 0.15) is 49.9 Å². The van der Waals surface area contributed by atoms with Gasteiger partial charge in [0.05, 0.1) is 12.7 Å². The highest BCUT2D eigenvalue weighted by atomic mass is 32.2. The van der Waals surface area contributed by atoms with Crippen LogP contribution in [0.4, 0.5) is 0 Å². The van der Waals surface area contributed by atoms with Gasteiger partial charge in [0.15, 0.2) is 0 Å². The summed E-state index contributed by atoms with van der Waals surface area (Å²) in [7, 11) is -2.47. The third-order valence-electron chi connectivity index (χ3n) is 5.10. The largest absolute Gasteiger partial charge is 0.495 e. The summed E-state index contributed by atoms with van der Waals surface area (Å²) < 4.78 is 43.3. The normalized spacial score (nSPS) is 26.0. The summed E-state index contributed by atoms with van der Waals surface area (Å²) in [5, 5.41) is 0. The standard InChI is InChI=1S/C19H25NO7S/c1-12-6-4-5-9-20(12)28(23,24)17-11-14(7-8-15(17)25-3)18(21)27-16-10-13(2)26-19(16)22/h7-8,11-13,16H,4-6,9-10H2,1-3H3. The Morgan fingerprint density at radius 3 is 2.61 bits per heavy atom. The molecule has 3 unspecified atom stereocenters. The van der Waals surface area contributed by atoms with E-state index in [4.69, 9.17) is 14.2 Å². The minimum atomic E-state index is -3.85. The van der Waals surface area contributed by atoms with Crippen molar-refractivity contribution in [3.8, 4) is 5.75 Å². The van der Waals surface area contributed by atoms with Crippen LogP contribution in [-0.2, 0) is 24.3 Å². The first kappa shape index (κ1) is 20.6. The predicted molar refractivity (Wildman–Crippen MR) is 99.6 cm³/mol. The van der Waals surface area contributed by atoms with Crippen molar-refractivity contribution in [3.05, 3.63) is 23.8 Å². The Morgan fingerprint density at radius 2 is 2.00 bits per heavy atom.